The second kappa shape index (κ2) is 5.92. The summed E-state index contributed by atoms with van der Waals surface area (Å²) in [5.41, 5.74) is 2.43. The molecule has 0 radical (unpaired) electrons. The van der Waals surface area contributed by atoms with Crippen molar-refractivity contribution in [2.45, 2.75) is 19.9 Å². The molecular formula is C10H16N4O2. The highest BCUT2D eigenvalue weighted by atomic mass is 16.5. The van der Waals surface area contributed by atoms with E-state index >= 15 is 0 Å². The van der Waals surface area contributed by atoms with Gasteiger partial charge < -0.3 is 15.5 Å². The van der Waals surface area contributed by atoms with Crippen LogP contribution in [0.2, 0.25) is 0 Å². The predicted molar refractivity (Wildman–Crippen MR) is 61.8 cm³/mol. The topological polar surface area (TPSA) is 89.3 Å². The smallest absolute Gasteiger partial charge is 0.328 e. The van der Waals surface area contributed by atoms with Gasteiger partial charge in [0.25, 0.3) is 0 Å². The van der Waals surface area contributed by atoms with E-state index in [1.807, 2.05) is 0 Å². The van der Waals surface area contributed by atoms with E-state index < -0.39 is 6.04 Å². The number of nitrogens with two attached hydrogens (primary N) is 1. The standard InChI is InChI=1S/C10H16N4O2/c1-3-16-10(15)7(2)12-8-5-4-6-9(13-8)14-11/h4-7H,3,11H2,1-2H3,(H2,12,13,14). The van der Waals surface area contributed by atoms with Crippen molar-refractivity contribution in [1.29, 1.82) is 0 Å². The largest absolute Gasteiger partial charge is 0.464 e. The lowest BCUT2D eigenvalue weighted by atomic mass is 10.3. The van der Waals surface area contributed by atoms with Gasteiger partial charge >= 0.3 is 5.97 Å². The predicted octanol–water partition coefficient (Wildman–Crippen LogP) is 0.731. The summed E-state index contributed by atoms with van der Waals surface area (Å²) in [6, 6.07) is 4.81. The van der Waals surface area contributed by atoms with Crippen LogP contribution >= 0.6 is 0 Å². The second-order valence-corrected chi connectivity index (χ2v) is 3.17. The molecule has 88 valence electrons. The van der Waals surface area contributed by atoms with Gasteiger partial charge in [0.1, 0.15) is 17.7 Å². The molecule has 6 heteroatoms. The molecular weight excluding hydrogens is 208 g/mol. The molecule has 1 aromatic rings. The van der Waals surface area contributed by atoms with Crippen molar-refractivity contribution in [2.24, 2.45) is 5.84 Å². The van der Waals surface area contributed by atoms with Gasteiger partial charge in [0.15, 0.2) is 0 Å². The summed E-state index contributed by atoms with van der Waals surface area (Å²) < 4.78 is 4.86. The first-order chi connectivity index (χ1) is 7.67. The highest BCUT2D eigenvalue weighted by molar-refractivity contribution is 5.78. The maximum absolute atomic E-state index is 11.3. The number of hydrogen-bond donors (Lipinski definition) is 3. The lowest BCUT2D eigenvalue weighted by Gasteiger charge is -2.13. The molecule has 0 aliphatic carbocycles. The molecule has 0 fully saturated rings. The Bertz CT molecular complexity index is 356. The minimum absolute atomic E-state index is 0.310. The van der Waals surface area contributed by atoms with Crippen LogP contribution in [-0.2, 0) is 9.53 Å². The Hall–Kier alpha value is -1.82. The van der Waals surface area contributed by atoms with Gasteiger partial charge in [0.05, 0.1) is 6.61 Å². The number of esters is 1. The number of anilines is 2. The highest BCUT2D eigenvalue weighted by Gasteiger charge is 2.13. The van der Waals surface area contributed by atoms with Gasteiger partial charge in [-0.2, -0.15) is 0 Å². The Morgan fingerprint density at radius 1 is 1.56 bits per heavy atom. The van der Waals surface area contributed by atoms with Gasteiger partial charge in [0.2, 0.25) is 0 Å². The Balaban J connectivity index is 2.61. The molecule has 4 N–H and O–H groups in total. The Morgan fingerprint density at radius 3 is 2.88 bits per heavy atom. The van der Waals surface area contributed by atoms with Crippen molar-refractivity contribution >= 4 is 17.6 Å². The monoisotopic (exact) mass is 224 g/mol. The van der Waals surface area contributed by atoms with Crippen molar-refractivity contribution in [3.05, 3.63) is 18.2 Å². The van der Waals surface area contributed by atoms with Gasteiger partial charge in [-0.25, -0.2) is 15.6 Å². The lowest BCUT2D eigenvalue weighted by molar-refractivity contribution is -0.143. The summed E-state index contributed by atoms with van der Waals surface area (Å²) in [4.78, 5) is 15.5. The zero-order valence-electron chi connectivity index (χ0n) is 9.36. The van der Waals surface area contributed by atoms with E-state index in [9.17, 15) is 4.79 Å². The minimum Gasteiger partial charge on any atom is -0.464 e. The fourth-order valence-electron chi connectivity index (χ4n) is 1.14. The molecule has 0 spiro atoms. The summed E-state index contributed by atoms with van der Waals surface area (Å²) >= 11 is 0. The van der Waals surface area contributed by atoms with Crippen LogP contribution in [0.15, 0.2) is 18.2 Å². The normalized spacial score (nSPS) is 11.7. The molecule has 1 rings (SSSR count). The number of hydrazine groups is 1. The second-order valence-electron chi connectivity index (χ2n) is 3.17. The number of rotatable bonds is 5. The van der Waals surface area contributed by atoms with Crippen LogP contribution in [0.3, 0.4) is 0 Å². The number of ether oxygens (including phenoxy) is 1. The number of carbonyl (C=O) groups excluding carboxylic acids is 1. The number of pyridine rings is 1. The van der Waals surface area contributed by atoms with E-state index in [1.54, 1.807) is 32.0 Å². The van der Waals surface area contributed by atoms with Gasteiger partial charge in [-0.3, -0.25) is 0 Å². The van der Waals surface area contributed by atoms with Crippen LogP contribution in [0.1, 0.15) is 13.8 Å². The first-order valence-corrected chi connectivity index (χ1v) is 5.04. The summed E-state index contributed by atoms with van der Waals surface area (Å²) in [6.45, 7) is 3.84. The number of hydrogen-bond acceptors (Lipinski definition) is 6. The summed E-state index contributed by atoms with van der Waals surface area (Å²) in [5.74, 6) is 6.01. The molecule has 1 heterocycles. The van der Waals surface area contributed by atoms with Gasteiger partial charge in [-0.05, 0) is 26.0 Å². The molecule has 1 unspecified atom stereocenters. The number of nitrogens with zero attached hydrogens (tertiary/aromatic N) is 1. The van der Waals surface area contributed by atoms with E-state index in [2.05, 4.69) is 15.7 Å². The zero-order valence-corrected chi connectivity index (χ0v) is 9.36. The average molecular weight is 224 g/mol. The molecule has 0 aliphatic rings. The van der Waals surface area contributed by atoms with Crippen molar-refractivity contribution in [3.8, 4) is 0 Å². The van der Waals surface area contributed by atoms with E-state index in [-0.39, 0.29) is 5.97 Å². The SMILES string of the molecule is CCOC(=O)C(C)Nc1cccc(NN)n1. The van der Waals surface area contributed by atoms with Crippen LogP contribution in [0.5, 0.6) is 0 Å². The lowest BCUT2D eigenvalue weighted by Crippen LogP contribution is -2.28. The Morgan fingerprint density at radius 2 is 2.25 bits per heavy atom. The van der Waals surface area contributed by atoms with E-state index in [0.29, 0.717) is 18.2 Å². The first-order valence-electron chi connectivity index (χ1n) is 5.04. The molecule has 6 nitrogen and oxygen atoms in total. The van der Waals surface area contributed by atoms with Crippen LogP contribution in [-0.4, -0.2) is 23.6 Å². The van der Waals surface area contributed by atoms with Crippen LogP contribution < -0.4 is 16.6 Å². The average Bonchev–Trinajstić information content (AvgIpc) is 2.29. The van der Waals surface area contributed by atoms with Gasteiger partial charge in [-0.15, -0.1) is 0 Å². The number of carbonyl (C=O) groups is 1. The van der Waals surface area contributed by atoms with Crippen molar-refractivity contribution in [3.63, 3.8) is 0 Å². The Labute approximate surface area is 94.2 Å². The zero-order chi connectivity index (χ0) is 12.0. The highest BCUT2D eigenvalue weighted by Crippen LogP contribution is 2.09. The summed E-state index contributed by atoms with van der Waals surface area (Å²) in [6.07, 6.45) is 0. The molecule has 0 aliphatic heterocycles. The van der Waals surface area contributed by atoms with Crippen molar-refractivity contribution < 1.29 is 9.53 Å². The van der Waals surface area contributed by atoms with E-state index in [4.69, 9.17) is 10.6 Å². The maximum Gasteiger partial charge on any atom is 0.328 e. The molecule has 1 atom stereocenters. The molecule has 0 aromatic carbocycles. The third-order valence-corrected chi connectivity index (χ3v) is 1.90. The Kier molecular flexibility index (Phi) is 4.53. The summed E-state index contributed by atoms with van der Waals surface area (Å²) in [7, 11) is 0. The first kappa shape index (κ1) is 12.3. The number of aromatic nitrogens is 1. The van der Waals surface area contributed by atoms with E-state index in [0.717, 1.165) is 0 Å². The fourth-order valence-corrected chi connectivity index (χ4v) is 1.14. The van der Waals surface area contributed by atoms with Crippen molar-refractivity contribution in [1.82, 2.24) is 4.98 Å². The molecule has 0 bridgehead atoms. The fraction of sp³-hybridized carbons (Fsp3) is 0.400. The molecule has 1 aromatic heterocycles. The molecule has 0 saturated heterocycles. The summed E-state index contributed by atoms with van der Waals surface area (Å²) in [5, 5.41) is 2.92. The molecule has 16 heavy (non-hydrogen) atoms. The third kappa shape index (κ3) is 3.39. The minimum atomic E-state index is -0.444. The quantitative estimate of drug-likeness (QED) is 0.388. The van der Waals surface area contributed by atoms with Crippen LogP contribution in [0, 0.1) is 0 Å². The number of nitrogen functional groups attached to an aromatic ring is 1. The van der Waals surface area contributed by atoms with Gasteiger partial charge in [0, 0.05) is 0 Å². The molecule has 0 amide bonds. The van der Waals surface area contributed by atoms with Crippen LogP contribution in [0.25, 0.3) is 0 Å². The van der Waals surface area contributed by atoms with Gasteiger partial charge in [-0.1, -0.05) is 6.07 Å². The molecule has 0 saturated carbocycles. The third-order valence-electron chi connectivity index (χ3n) is 1.90. The maximum atomic E-state index is 11.3. The van der Waals surface area contributed by atoms with Crippen LogP contribution in [0.4, 0.5) is 11.6 Å². The number of nitrogens with one attached hydrogen (secondary N) is 2. The van der Waals surface area contributed by atoms with E-state index in [1.165, 1.54) is 0 Å². The van der Waals surface area contributed by atoms with Crippen molar-refractivity contribution in [2.75, 3.05) is 17.3 Å².